The van der Waals surface area contributed by atoms with Crippen LogP contribution in [-0.4, -0.2) is 18.4 Å². The van der Waals surface area contributed by atoms with Gasteiger partial charge in [0.1, 0.15) is 0 Å². The molecule has 0 aliphatic heterocycles. The van der Waals surface area contributed by atoms with Gasteiger partial charge in [-0.1, -0.05) is 17.7 Å². The molecule has 0 saturated carbocycles. The fourth-order valence-corrected chi connectivity index (χ4v) is 1.77. The molecule has 2 N–H and O–H groups in total. The lowest BCUT2D eigenvalue weighted by molar-refractivity contribution is -0.122. The van der Waals surface area contributed by atoms with Gasteiger partial charge in [-0.05, 0) is 31.9 Å². The van der Waals surface area contributed by atoms with Gasteiger partial charge < -0.3 is 10.6 Å². The Morgan fingerprint density at radius 1 is 1.12 bits per heavy atom. The molecule has 0 fully saturated rings. The zero-order valence-electron chi connectivity index (χ0n) is 10.7. The predicted molar refractivity (Wildman–Crippen MR) is 68.0 cm³/mol. The molecule has 0 aliphatic rings. The SMILES string of the molecule is CC(=O)NCC(=O)Nc1c(C)cc(C)cc1C. The number of carbonyl (C=O) groups excluding carboxylic acids is 2. The van der Waals surface area contributed by atoms with E-state index in [9.17, 15) is 9.59 Å². The van der Waals surface area contributed by atoms with Gasteiger partial charge in [-0.3, -0.25) is 9.59 Å². The summed E-state index contributed by atoms with van der Waals surface area (Å²) in [4.78, 5) is 22.3. The second-order valence-corrected chi connectivity index (χ2v) is 4.23. The topological polar surface area (TPSA) is 58.2 Å². The fourth-order valence-electron chi connectivity index (χ4n) is 1.77. The van der Waals surface area contributed by atoms with Crippen LogP contribution in [0.1, 0.15) is 23.6 Å². The van der Waals surface area contributed by atoms with Crippen molar-refractivity contribution in [3.63, 3.8) is 0 Å². The highest BCUT2D eigenvalue weighted by atomic mass is 16.2. The normalized spacial score (nSPS) is 9.88. The van der Waals surface area contributed by atoms with Gasteiger partial charge in [0.2, 0.25) is 11.8 Å². The molecule has 4 nitrogen and oxygen atoms in total. The highest BCUT2D eigenvalue weighted by Crippen LogP contribution is 2.21. The van der Waals surface area contributed by atoms with Crippen LogP contribution in [0.25, 0.3) is 0 Å². The molecule has 1 aromatic carbocycles. The molecule has 0 spiro atoms. The molecule has 0 atom stereocenters. The number of hydrogen-bond donors (Lipinski definition) is 2. The smallest absolute Gasteiger partial charge is 0.243 e. The van der Waals surface area contributed by atoms with Crippen LogP contribution in [0, 0.1) is 20.8 Å². The van der Waals surface area contributed by atoms with Crippen molar-refractivity contribution in [1.82, 2.24) is 5.32 Å². The minimum Gasteiger partial charge on any atom is -0.347 e. The Morgan fingerprint density at radius 2 is 1.65 bits per heavy atom. The van der Waals surface area contributed by atoms with Gasteiger partial charge in [-0.25, -0.2) is 0 Å². The summed E-state index contributed by atoms with van der Waals surface area (Å²) < 4.78 is 0. The first kappa shape index (κ1) is 13.2. The summed E-state index contributed by atoms with van der Waals surface area (Å²) in [6.45, 7) is 7.31. The van der Waals surface area contributed by atoms with Crippen molar-refractivity contribution < 1.29 is 9.59 Å². The molecule has 0 aliphatic carbocycles. The lowest BCUT2D eigenvalue weighted by atomic mass is 10.1. The molecule has 4 heteroatoms. The quantitative estimate of drug-likeness (QED) is 0.836. The summed E-state index contributed by atoms with van der Waals surface area (Å²) in [6.07, 6.45) is 0. The molecule has 0 aromatic heterocycles. The predicted octanol–water partition coefficient (Wildman–Crippen LogP) is 1.69. The maximum absolute atomic E-state index is 11.6. The third-order valence-corrected chi connectivity index (χ3v) is 2.44. The minimum atomic E-state index is -0.213. The van der Waals surface area contributed by atoms with E-state index in [1.807, 2.05) is 32.9 Å². The zero-order valence-corrected chi connectivity index (χ0v) is 10.7. The average molecular weight is 234 g/mol. The number of aryl methyl sites for hydroxylation is 3. The van der Waals surface area contributed by atoms with Crippen LogP contribution in [0.15, 0.2) is 12.1 Å². The summed E-state index contributed by atoms with van der Waals surface area (Å²) in [5, 5.41) is 5.27. The molecule has 92 valence electrons. The lowest BCUT2D eigenvalue weighted by Crippen LogP contribution is -2.31. The Hall–Kier alpha value is -1.84. The Labute approximate surface area is 101 Å². The van der Waals surface area contributed by atoms with Crippen molar-refractivity contribution in [2.45, 2.75) is 27.7 Å². The van der Waals surface area contributed by atoms with Crippen LogP contribution in [0.3, 0.4) is 0 Å². The highest BCUT2D eigenvalue weighted by Gasteiger charge is 2.08. The molecule has 1 rings (SSSR count). The van der Waals surface area contributed by atoms with E-state index in [2.05, 4.69) is 10.6 Å². The van der Waals surface area contributed by atoms with E-state index in [-0.39, 0.29) is 18.4 Å². The molecule has 17 heavy (non-hydrogen) atoms. The second-order valence-electron chi connectivity index (χ2n) is 4.23. The summed E-state index contributed by atoms with van der Waals surface area (Å²) in [6, 6.07) is 4.03. The second kappa shape index (κ2) is 5.48. The van der Waals surface area contributed by atoms with Gasteiger partial charge in [0.15, 0.2) is 0 Å². The number of benzene rings is 1. The monoisotopic (exact) mass is 234 g/mol. The molecular weight excluding hydrogens is 216 g/mol. The lowest BCUT2D eigenvalue weighted by Gasteiger charge is -2.12. The molecule has 2 amide bonds. The van der Waals surface area contributed by atoms with Crippen LogP contribution in [0.5, 0.6) is 0 Å². The number of rotatable bonds is 3. The standard InChI is InChI=1S/C13H18N2O2/c1-8-5-9(2)13(10(3)6-8)15-12(17)7-14-11(4)16/h5-6H,7H2,1-4H3,(H,14,16)(H,15,17). The average Bonchev–Trinajstić information content (AvgIpc) is 2.20. The highest BCUT2D eigenvalue weighted by molar-refractivity contribution is 5.95. The van der Waals surface area contributed by atoms with Crippen molar-refractivity contribution in [2.75, 3.05) is 11.9 Å². The maximum atomic E-state index is 11.6. The third kappa shape index (κ3) is 3.90. The van der Waals surface area contributed by atoms with Crippen molar-refractivity contribution in [3.05, 3.63) is 28.8 Å². The molecule has 1 aromatic rings. The van der Waals surface area contributed by atoms with Crippen molar-refractivity contribution in [2.24, 2.45) is 0 Å². The van der Waals surface area contributed by atoms with Gasteiger partial charge >= 0.3 is 0 Å². The van der Waals surface area contributed by atoms with Crippen LogP contribution in [0.2, 0.25) is 0 Å². The van der Waals surface area contributed by atoms with E-state index >= 15 is 0 Å². The number of nitrogens with one attached hydrogen (secondary N) is 2. The Bertz CT molecular complexity index is 430. The van der Waals surface area contributed by atoms with Crippen LogP contribution in [0.4, 0.5) is 5.69 Å². The van der Waals surface area contributed by atoms with E-state index in [1.165, 1.54) is 12.5 Å². The van der Waals surface area contributed by atoms with Gasteiger partial charge in [0.25, 0.3) is 0 Å². The molecule has 0 radical (unpaired) electrons. The number of hydrogen-bond acceptors (Lipinski definition) is 2. The van der Waals surface area contributed by atoms with Gasteiger partial charge in [0, 0.05) is 12.6 Å². The van der Waals surface area contributed by atoms with E-state index < -0.39 is 0 Å². The molecular formula is C13H18N2O2. The Balaban J connectivity index is 2.75. The molecule has 0 bridgehead atoms. The van der Waals surface area contributed by atoms with Crippen LogP contribution < -0.4 is 10.6 Å². The Morgan fingerprint density at radius 3 is 2.12 bits per heavy atom. The number of amides is 2. The van der Waals surface area contributed by atoms with Gasteiger partial charge in [-0.2, -0.15) is 0 Å². The van der Waals surface area contributed by atoms with Crippen molar-refractivity contribution >= 4 is 17.5 Å². The number of carbonyl (C=O) groups is 2. The van der Waals surface area contributed by atoms with Crippen molar-refractivity contribution in [1.29, 1.82) is 0 Å². The van der Waals surface area contributed by atoms with Gasteiger partial charge in [0.05, 0.1) is 6.54 Å². The minimum absolute atomic E-state index is 0.00207. The molecule has 0 heterocycles. The van der Waals surface area contributed by atoms with Crippen LogP contribution in [-0.2, 0) is 9.59 Å². The summed E-state index contributed by atoms with van der Waals surface area (Å²) in [7, 11) is 0. The largest absolute Gasteiger partial charge is 0.347 e. The zero-order chi connectivity index (χ0) is 13.0. The van der Waals surface area contributed by atoms with Gasteiger partial charge in [-0.15, -0.1) is 0 Å². The van der Waals surface area contributed by atoms with E-state index in [4.69, 9.17) is 0 Å². The fraction of sp³-hybridized carbons (Fsp3) is 0.385. The molecule has 0 unspecified atom stereocenters. The van der Waals surface area contributed by atoms with Crippen LogP contribution >= 0.6 is 0 Å². The summed E-state index contributed by atoms with van der Waals surface area (Å²) >= 11 is 0. The molecule has 0 saturated heterocycles. The first-order chi connectivity index (χ1) is 7.90. The maximum Gasteiger partial charge on any atom is 0.243 e. The van der Waals surface area contributed by atoms with Crippen molar-refractivity contribution in [3.8, 4) is 0 Å². The summed E-state index contributed by atoms with van der Waals surface area (Å²) in [5.74, 6) is -0.423. The van der Waals surface area contributed by atoms with E-state index in [1.54, 1.807) is 0 Å². The first-order valence-electron chi connectivity index (χ1n) is 5.52. The Kier molecular flexibility index (Phi) is 4.26. The first-order valence-corrected chi connectivity index (χ1v) is 5.52. The summed E-state index contributed by atoms with van der Waals surface area (Å²) in [5.41, 5.74) is 4.04. The van der Waals surface area contributed by atoms with E-state index in [0.717, 1.165) is 16.8 Å². The van der Waals surface area contributed by atoms with E-state index in [0.29, 0.717) is 0 Å². The third-order valence-electron chi connectivity index (χ3n) is 2.44. The number of anilines is 1.